The molecule has 0 aromatic carbocycles. The fraction of sp³-hybridized carbons (Fsp3) is 1.00. The third kappa shape index (κ3) is 4.46. The van der Waals surface area contributed by atoms with E-state index < -0.39 is 0 Å². The van der Waals surface area contributed by atoms with E-state index in [0.29, 0.717) is 5.41 Å². The molecule has 0 aromatic rings. The Morgan fingerprint density at radius 1 is 1.15 bits per heavy atom. The van der Waals surface area contributed by atoms with Crippen molar-refractivity contribution in [2.45, 2.75) is 77.7 Å². The van der Waals surface area contributed by atoms with Crippen molar-refractivity contribution in [3.63, 3.8) is 0 Å². The highest BCUT2D eigenvalue weighted by Gasteiger charge is 2.37. The average molecular weight is 280 g/mol. The predicted octanol–water partition coefficient (Wildman–Crippen LogP) is 4.06. The zero-order chi connectivity index (χ0) is 14.4. The largest absolute Gasteiger partial charge is 0.316 e. The zero-order valence-electron chi connectivity index (χ0n) is 14.1. The van der Waals surface area contributed by atoms with Crippen LogP contribution in [0.4, 0.5) is 0 Å². The number of hydrogen-bond donors (Lipinski definition) is 1. The fourth-order valence-electron chi connectivity index (χ4n) is 4.66. The first-order valence-corrected chi connectivity index (χ1v) is 9.06. The molecular weight excluding hydrogens is 244 g/mol. The van der Waals surface area contributed by atoms with Crippen molar-refractivity contribution in [3.8, 4) is 0 Å². The van der Waals surface area contributed by atoms with Gasteiger partial charge in [0.15, 0.2) is 0 Å². The van der Waals surface area contributed by atoms with Crippen LogP contribution in [0.1, 0.15) is 71.6 Å². The molecule has 2 fully saturated rings. The number of rotatable bonds is 7. The molecule has 0 radical (unpaired) electrons. The Morgan fingerprint density at radius 3 is 2.55 bits per heavy atom. The second kappa shape index (κ2) is 7.79. The third-order valence-electron chi connectivity index (χ3n) is 5.65. The lowest BCUT2D eigenvalue weighted by atomic mass is 9.69. The van der Waals surface area contributed by atoms with Gasteiger partial charge in [0.25, 0.3) is 0 Å². The van der Waals surface area contributed by atoms with E-state index in [0.717, 1.165) is 12.0 Å². The first-order chi connectivity index (χ1) is 9.65. The Bertz CT molecular complexity index is 273. The highest BCUT2D eigenvalue weighted by Crippen LogP contribution is 2.40. The lowest BCUT2D eigenvalue weighted by Crippen LogP contribution is -2.48. The van der Waals surface area contributed by atoms with Gasteiger partial charge in [0.05, 0.1) is 0 Å². The van der Waals surface area contributed by atoms with Gasteiger partial charge in [-0.3, -0.25) is 0 Å². The summed E-state index contributed by atoms with van der Waals surface area (Å²) in [5, 5.41) is 3.74. The van der Waals surface area contributed by atoms with Crippen LogP contribution in [-0.2, 0) is 0 Å². The number of nitrogens with zero attached hydrogens (tertiary/aromatic N) is 1. The molecule has 2 aliphatic carbocycles. The van der Waals surface area contributed by atoms with E-state index in [4.69, 9.17) is 0 Å². The third-order valence-corrected chi connectivity index (χ3v) is 5.65. The smallest absolute Gasteiger partial charge is 0.00924 e. The van der Waals surface area contributed by atoms with E-state index >= 15 is 0 Å². The van der Waals surface area contributed by atoms with Gasteiger partial charge in [-0.25, -0.2) is 0 Å². The zero-order valence-corrected chi connectivity index (χ0v) is 14.1. The second-order valence-corrected chi connectivity index (χ2v) is 7.73. The molecule has 0 aromatic heterocycles. The van der Waals surface area contributed by atoms with Crippen LogP contribution in [0.15, 0.2) is 0 Å². The Labute approximate surface area is 126 Å². The summed E-state index contributed by atoms with van der Waals surface area (Å²) in [6.45, 7) is 8.47. The minimum absolute atomic E-state index is 0.546. The van der Waals surface area contributed by atoms with Crippen molar-refractivity contribution in [1.82, 2.24) is 10.2 Å². The maximum atomic E-state index is 3.74. The van der Waals surface area contributed by atoms with Gasteiger partial charge in [-0.2, -0.15) is 0 Å². The van der Waals surface area contributed by atoms with Crippen LogP contribution < -0.4 is 5.32 Å². The topological polar surface area (TPSA) is 15.3 Å². The fourth-order valence-corrected chi connectivity index (χ4v) is 4.66. The molecule has 1 N–H and O–H groups in total. The quantitative estimate of drug-likeness (QED) is 0.708. The van der Waals surface area contributed by atoms with Gasteiger partial charge < -0.3 is 10.2 Å². The molecule has 2 rings (SSSR count). The van der Waals surface area contributed by atoms with Gasteiger partial charge >= 0.3 is 0 Å². The molecule has 2 heteroatoms. The Hall–Kier alpha value is -0.0800. The highest BCUT2D eigenvalue weighted by atomic mass is 15.1. The maximum Gasteiger partial charge on any atom is 0.00924 e. The van der Waals surface area contributed by atoms with E-state index in [1.54, 1.807) is 0 Å². The van der Waals surface area contributed by atoms with E-state index in [1.807, 2.05) is 0 Å². The van der Waals surface area contributed by atoms with Crippen LogP contribution in [-0.4, -0.2) is 37.6 Å². The SMILES string of the molecule is CCCNCC1(CN(C)C2CCCC2)CCCC(C)C1. The van der Waals surface area contributed by atoms with E-state index in [-0.39, 0.29) is 0 Å². The molecule has 2 nitrogen and oxygen atoms in total. The molecule has 0 aliphatic heterocycles. The van der Waals surface area contributed by atoms with E-state index in [9.17, 15) is 0 Å². The van der Waals surface area contributed by atoms with Crippen molar-refractivity contribution in [2.75, 3.05) is 26.7 Å². The molecular formula is C18H36N2. The minimum atomic E-state index is 0.546. The lowest BCUT2D eigenvalue weighted by Gasteiger charge is -2.44. The maximum absolute atomic E-state index is 3.74. The molecule has 2 aliphatic rings. The lowest BCUT2D eigenvalue weighted by molar-refractivity contribution is 0.0736. The molecule has 118 valence electrons. The molecule has 2 atom stereocenters. The molecule has 0 heterocycles. The Morgan fingerprint density at radius 2 is 1.90 bits per heavy atom. The summed E-state index contributed by atoms with van der Waals surface area (Å²) >= 11 is 0. The molecule has 20 heavy (non-hydrogen) atoms. The van der Waals surface area contributed by atoms with Gasteiger partial charge in [0.2, 0.25) is 0 Å². The van der Waals surface area contributed by atoms with E-state index in [1.165, 1.54) is 77.4 Å². The van der Waals surface area contributed by atoms with Crippen molar-refractivity contribution in [2.24, 2.45) is 11.3 Å². The van der Waals surface area contributed by atoms with Crippen LogP contribution >= 0.6 is 0 Å². The molecule has 0 spiro atoms. The van der Waals surface area contributed by atoms with Gasteiger partial charge in [0, 0.05) is 19.1 Å². The average Bonchev–Trinajstić information content (AvgIpc) is 2.93. The predicted molar refractivity (Wildman–Crippen MR) is 88.1 cm³/mol. The first-order valence-electron chi connectivity index (χ1n) is 9.06. The first kappa shape index (κ1) is 16.3. The summed E-state index contributed by atoms with van der Waals surface area (Å²) in [7, 11) is 2.39. The van der Waals surface area contributed by atoms with Gasteiger partial charge in [-0.15, -0.1) is 0 Å². The summed E-state index contributed by atoms with van der Waals surface area (Å²) in [4.78, 5) is 2.71. The van der Waals surface area contributed by atoms with Gasteiger partial charge in [0.1, 0.15) is 0 Å². The summed E-state index contributed by atoms with van der Waals surface area (Å²) in [6.07, 6.45) is 12.8. The van der Waals surface area contributed by atoms with Crippen LogP contribution in [0.2, 0.25) is 0 Å². The second-order valence-electron chi connectivity index (χ2n) is 7.73. The Balaban J connectivity index is 1.93. The van der Waals surface area contributed by atoms with Crippen LogP contribution in [0.25, 0.3) is 0 Å². The number of hydrogen-bond acceptors (Lipinski definition) is 2. The van der Waals surface area contributed by atoms with E-state index in [2.05, 4.69) is 31.1 Å². The van der Waals surface area contributed by atoms with Crippen LogP contribution in [0, 0.1) is 11.3 Å². The number of nitrogens with one attached hydrogen (secondary N) is 1. The molecule has 0 amide bonds. The minimum Gasteiger partial charge on any atom is -0.316 e. The highest BCUT2D eigenvalue weighted by molar-refractivity contribution is 4.91. The molecule has 0 saturated heterocycles. The summed E-state index contributed by atoms with van der Waals surface area (Å²) < 4.78 is 0. The molecule has 2 saturated carbocycles. The standard InChI is InChI=1S/C18H36N2/c1-4-12-19-14-18(11-7-8-16(2)13-18)15-20(3)17-9-5-6-10-17/h16-17,19H,4-15H2,1-3H3. The van der Waals surface area contributed by atoms with Crippen molar-refractivity contribution >= 4 is 0 Å². The van der Waals surface area contributed by atoms with Gasteiger partial charge in [-0.05, 0) is 57.0 Å². The van der Waals surface area contributed by atoms with Crippen LogP contribution in [0.5, 0.6) is 0 Å². The van der Waals surface area contributed by atoms with Gasteiger partial charge in [-0.1, -0.05) is 39.5 Å². The summed E-state index contributed by atoms with van der Waals surface area (Å²) in [6, 6.07) is 0.871. The summed E-state index contributed by atoms with van der Waals surface area (Å²) in [5.41, 5.74) is 0.546. The van der Waals surface area contributed by atoms with Crippen molar-refractivity contribution in [1.29, 1.82) is 0 Å². The van der Waals surface area contributed by atoms with Crippen molar-refractivity contribution < 1.29 is 0 Å². The molecule has 0 bridgehead atoms. The van der Waals surface area contributed by atoms with Crippen LogP contribution in [0.3, 0.4) is 0 Å². The Kier molecular flexibility index (Phi) is 6.35. The monoisotopic (exact) mass is 280 g/mol. The normalized spacial score (nSPS) is 32.1. The molecule has 2 unspecified atom stereocenters. The van der Waals surface area contributed by atoms with Crippen molar-refractivity contribution in [3.05, 3.63) is 0 Å². The summed E-state index contributed by atoms with van der Waals surface area (Å²) in [5.74, 6) is 0.921.